The first-order valence-electron chi connectivity index (χ1n) is 10.8. The van der Waals surface area contributed by atoms with Crippen LogP contribution in [-0.2, 0) is 11.3 Å². The number of nitrogens with one attached hydrogen (secondary N) is 1. The minimum atomic E-state index is -0.430. The van der Waals surface area contributed by atoms with E-state index in [1.54, 1.807) is 0 Å². The normalized spacial score (nSPS) is 13.6. The molecule has 0 aliphatic heterocycles. The molecule has 3 aromatic rings. The molecule has 1 aliphatic carbocycles. The van der Waals surface area contributed by atoms with Crippen molar-refractivity contribution in [2.24, 2.45) is 5.92 Å². The first-order valence-corrected chi connectivity index (χ1v) is 10.8. The second-order valence-corrected chi connectivity index (χ2v) is 8.30. The highest BCUT2D eigenvalue weighted by Crippen LogP contribution is 2.39. The van der Waals surface area contributed by atoms with Crippen LogP contribution in [0.1, 0.15) is 39.2 Å². The zero-order chi connectivity index (χ0) is 21.3. The third-order valence-corrected chi connectivity index (χ3v) is 5.49. The van der Waals surface area contributed by atoms with Crippen LogP contribution in [0.4, 0.5) is 10.5 Å². The third-order valence-electron chi connectivity index (χ3n) is 5.49. The molecule has 0 unspecified atom stereocenters. The number of fused-ring (bicyclic) bond motifs is 1. The van der Waals surface area contributed by atoms with E-state index < -0.39 is 6.09 Å². The lowest BCUT2D eigenvalue weighted by Crippen LogP contribution is -2.17. The number of ether oxygens (including phenoxy) is 2. The maximum Gasteiger partial charge on any atom is 0.411 e. The summed E-state index contributed by atoms with van der Waals surface area (Å²) >= 11 is 0. The average molecular weight is 407 g/mol. The van der Waals surface area contributed by atoms with Gasteiger partial charge in [0.25, 0.3) is 0 Å². The topological polar surface area (TPSA) is 52.5 Å². The summed E-state index contributed by atoms with van der Waals surface area (Å²) in [5.74, 6) is 1.66. The van der Waals surface area contributed by atoms with Crippen molar-refractivity contribution in [3.63, 3.8) is 0 Å². The van der Waals surface area contributed by atoms with E-state index in [0.717, 1.165) is 29.5 Å². The molecule has 1 heterocycles. The minimum Gasteiger partial charge on any atom is -0.494 e. The molecule has 1 N–H and O–H groups in total. The predicted octanol–water partition coefficient (Wildman–Crippen LogP) is 6.38. The molecule has 1 aliphatic rings. The molecule has 4 rings (SSSR count). The lowest BCUT2D eigenvalue weighted by Gasteiger charge is -2.13. The van der Waals surface area contributed by atoms with Gasteiger partial charge in [0.05, 0.1) is 23.9 Å². The lowest BCUT2D eigenvalue weighted by atomic mass is 10.1. The summed E-state index contributed by atoms with van der Waals surface area (Å²) in [7, 11) is 0. The molecule has 0 atom stereocenters. The van der Waals surface area contributed by atoms with Crippen LogP contribution < -0.4 is 10.1 Å². The number of hydrogen-bond acceptors (Lipinski definition) is 3. The fourth-order valence-electron chi connectivity index (χ4n) is 3.95. The van der Waals surface area contributed by atoms with Crippen molar-refractivity contribution in [3.05, 3.63) is 48.0 Å². The van der Waals surface area contributed by atoms with Crippen molar-refractivity contribution in [1.29, 1.82) is 0 Å². The van der Waals surface area contributed by atoms with E-state index in [2.05, 4.69) is 47.1 Å². The Balaban J connectivity index is 1.70. The van der Waals surface area contributed by atoms with Crippen LogP contribution in [0, 0.1) is 12.8 Å². The Morgan fingerprint density at radius 2 is 1.90 bits per heavy atom. The second-order valence-electron chi connectivity index (χ2n) is 8.30. The highest BCUT2D eigenvalue weighted by atomic mass is 16.6. The summed E-state index contributed by atoms with van der Waals surface area (Å²) < 4.78 is 13.4. The van der Waals surface area contributed by atoms with Crippen LogP contribution in [0.25, 0.3) is 22.2 Å². The van der Waals surface area contributed by atoms with Crippen LogP contribution in [-0.4, -0.2) is 23.4 Å². The van der Waals surface area contributed by atoms with Crippen molar-refractivity contribution in [3.8, 4) is 17.0 Å². The molecular formula is C25H30N2O3. The van der Waals surface area contributed by atoms with Gasteiger partial charge in [-0.25, -0.2) is 4.79 Å². The van der Waals surface area contributed by atoms with E-state index in [1.165, 1.54) is 35.0 Å². The molecule has 1 amide bonds. The largest absolute Gasteiger partial charge is 0.494 e. The smallest absolute Gasteiger partial charge is 0.411 e. The van der Waals surface area contributed by atoms with Crippen molar-refractivity contribution in [1.82, 2.24) is 4.57 Å². The number of anilines is 1. The predicted molar refractivity (Wildman–Crippen MR) is 121 cm³/mol. The van der Waals surface area contributed by atoms with Crippen LogP contribution in [0.5, 0.6) is 5.75 Å². The van der Waals surface area contributed by atoms with Crippen molar-refractivity contribution < 1.29 is 14.3 Å². The fraction of sp³-hybridized carbons (Fsp3) is 0.400. The molecule has 0 radical (unpaired) electrons. The van der Waals surface area contributed by atoms with Gasteiger partial charge < -0.3 is 14.0 Å². The monoisotopic (exact) mass is 406 g/mol. The van der Waals surface area contributed by atoms with Gasteiger partial charge in [0.15, 0.2) is 0 Å². The molecule has 1 aromatic heterocycles. The van der Waals surface area contributed by atoms with E-state index >= 15 is 0 Å². The van der Waals surface area contributed by atoms with Gasteiger partial charge >= 0.3 is 6.09 Å². The zero-order valence-electron chi connectivity index (χ0n) is 18.2. The Morgan fingerprint density at radius 1 is 1.17 bits per heavy atom. The van der Waals surface area contributed by atoms with E-state index in [0.29, 0.717) is 6.61 Å². The van der Waals surface area contributed by atoms with Crippen LogP contribution in [0.15, 0.2) is 42.5 Å². The molecule has 1 fully saturated rings. The number of aromatic nitrogens is 1. The van der Waals surface area contributed by atoms with E-state index in [1.807, 2.05) is 32.9 Å². The van der Waals surface area contributed by atoms with E-state index in [9.17, 15) is 4.79 Å². The summed E-state index contributed by atoms with van der Waals surface area (Å²) in [6, 6.07) is 14.4. The second kappa shape index (κ2) is 8.42. The summed E-state index contributed by atoms with van der Waals surface area (Å²) in [5.41, 5.74) is 5.61. The Labute approximate surface area is 178 Å². The highest BCUT2D eigenvalue weighted by molar-refractivity contribution is 5.93. The molecular weight excluding hydrogens is 376 g/mol. The molecule has 0 spiro atoms. The summed E-state index contributed by atoms with van der Waals surface area (Å²) in [5, 5.41) is 4.05. The quantitative estimate of drug-likeness (QED) is 0.495. The van der Waals surface area contributed by atoms with Gasteiger partial charge in [-0.3, -0.25) is 5.32 Å². The van der Waals surface area contributed by atoms with Gasteiger partial charge in [-0.1, -0.05) is 12.1 Å². The Hall–Kier alpha value is -2.95. The van der Waals surface area contributed by atoms with Gasteiger partial charge in [0.1, 0.15) is 5.75 Å². The number of carbonyl (C=O) groups excluding carboxylic acids is 1. The Kier molecular flexibility index (Phi) is 5.71. The SMILES string of the molecule is CCOc1ccc2c(C)c(-c3ccc(NC(=O)OC(C)C)cc3)n(CC3CC3)c2c1. The molecule has 158 valence electrons. The van der Waals surface area contributed by atoms with Gasteiger partial charge in [0.2, 0.25) is 0 Å². The van der Waals surface area contributed by atoms with Crippen molar-refractivity contribution in [2.45, 2.75) is 53.2 Å². The number of aryl methyl sites for hydroxylation is 1. The average Bonchev–Trinajstić information content (AvgIpc) is 3.48. The van der Waals surface area contributed by atoms with Gasteiger partial charge in [-0.2, -0.15) is 0 Å². The van der Waals surface area contributed by atoms with Gasteiger partial charge in [0, 0.05) is 23.7 Å². The van der Waals surface area contributed by atoms with Gasteiger partial charge in [-0.15, -0.1) is 0 Å². The Morgan fingerprint density at radius 3 is 2.53 bits per heavy atom. The summed E-state index contributed by atoms with van der Waals surface area (Å²) in [6.45, 7) is 9.55. The Bertz CT molecular complexity index is 1050. The molecule has 5 nitrogen and oxygen atoms in total. The molecule has 2 aromatic carbocycles. The lowest BCUT2D eigenvalue weighted by molar-refractivity contribution is 0.130. The number of amides is 1. The number of nitrogens with zero attached hydrogens (tertiary/aromatic N) is 1. The molecule has 0 bridgehead atoms. The maximum absolute atomic E-state index is 11.9. The summed E-state index contributed by atoms with van der Waals surface area (Å²) in [4.78, 5) is 11.9. The first-order chi connectivity index (χ1) is 14.5. The van der Waals surface area contributed by atoms with E-state index in [-0.39, 0.29) is 6.10 Å². The molecule has 30 heavy (non-hydrogen) atoms. The number of rotatable bonds is 7. The highest BCUT2D eigenvalue weighted by Gasteiger charge is 2.25. The standard InChI is InChI=1S/C25H30N2O3/c1-5-29-21-12-13-22-17(4)24(27(23(22)14-21)15-18-6-7-18)19-8-10-20(11-9-19)26-25(28)30-16(2)3/h8-14,16,18H,5-7,15H2,1-4H3,(H,26,28). The first kappa shape index (κ1) is 20.3. The zero-order valence-corrected chi connectivity index (χ0v) is 18.2. The minimum absolute atomic E-state index is 0.147. The molecule has 5 heteroatoms. The molecule has 1 saturated carbocycles. The van der Waals surface area contributed by atoms with Crippen LogP contribution >= 0.6 is 0 Å². The van der Waals surface area contributed by atoms with Crippen LogP contribution in [0.2, 0.25) is 0 Å². The van der Waals surface area contributed by atoms with Crippen molar-refractivity contribution in [2.75, 3.05) is 11.9 Å². The molecule has 0 saturated heterocycles. The maximum atomic E-state index is 11.9. The third kappa shape index (κ3) is 4.30. The van der Waals surface area contributed by atoms with E-state index in [4.69, 9.17) is 9.47 Å². The summed E-state index contributed by atoms with van der Waals surface area (Å²) in [6.07, 6.45) is 2.01. The number of hydrogen-bond donors (Lipinski definition) is 1. The van der Waals surface area contributed by atoms with Crippen molar-refractivity contribution >= 4 is 22.7 Å². The fourth-order valence-corrected chi connectivity index (χ4v) is 3.95. The number of carbonyl (C=O) groups is 1. The van der Waals surface area contributed by atoms with Crippen LogP contribution in [0.3, 0.4) is 0 Å². The number of benzene rings is 2. The van der Waals surface area contributed by atoms with Gasteiger partial charge in [-0.05, 0) is 81.8 Å².